The van der Waals surface area contributed by atoms with Gasteiger partial charge in [-0.25, -0.2) is 8.42 Å². The van der Waals surface area contributed by atoms with Gasteiger partial charge in [0.1, 0.15) is 12.6 Å². The van der Waals surface area contributed by atoms with Crippen LogP contribution in [0.2, 0.25) is 0 Å². The molecule has 0 bridgehead atoms. The monoisotopic (exact) mass is 595 g/mol. The zero-order valence-electron chi connectivity index (χ0n) is 24.5. The number of sulfonamides is 1. The Hall–Kier alpha value is -3.30. The molecule has 0 aliphatic carbocycles. The lowest BCUT2D eigenvalue weighted by Gasteiger charge is -2.33. The molecule has 0 saturated carbocycles. The Morgan fingerprint density at radius 1 is 0.902 bits per heavy atom. The normalized spacial score (nSPS) is 12.8. The fourth-order valence-corrected chi connectivity index (χ4v) is 6.27. The molecule has 2 amide bonds. The van der Waals surface area contributed by atoms with E-state index < -0.39 is 28.5 Å². The molecule has 2 atom stereocenters. The largest absolute Gasteiger partial charge is 0.352 e. The summed E-state index contributed by atoms with van der Waals surface area (Å²) in [4.78, 5) is 30.0. The summed E-state index contributed by atoms with van der Waals surface area (Å²) < 4.78 is 29.1. The zero-order chi connectivity index (χ0) is 30.0. The second kappa shape index (κ2) is 15.1. The predicted molar refractivity (Wildman–Crippen MR) is 168 cm³/mol. The Kier molecular flexibility index (Phi) is 11.8. The van der Waals surface area contributed by atoms with Crippen LogP contribution in [0, 0.1) is 6.92 Å². The van der Waals surface area contributed by atoms with Gasteiger partial charge >= 0.3 is 0 Å². The van der Waals surface area contributed by atoms with Gasteiger partial charge in [-0.15, -0.1) is 11.8 Å². The summed E-state index contributed by atoms with van der Waals surface area (Å²) in [6, 6.07) is 22.7. The van der Waals surface area contributed by atoms with Crippen molar-refractivity contribution in [3.63, 3.8) is 0 Å². The van der Waals surface area contributed by atoms with Gasteiger partial charge in [-0.2, -0.15) is 0 Å². The Bertz CT molecular complexity index is 1380. The van der Waals surface area contributed by atoms with Gasteiger partial charge in [-0.1, -0.05) is 61.9 Å². The molecule has 0 unspecified atom stereocenters. The van der Waals surface area contributed by atoms with Crippen LogP contribution in [0.25, 0.3) is 0 Å². The molecule has 0 aliphatic heterocycles. The van der Waals surface area contributed by atoms with E-state index in [9.17, 15) is 18.0 Å². The summed E-state index contributed by atoms with van der Waals surface area (Å²) in [5, 5.41) is 3.01. The average Bonchev–Trinajstić information content (AvgIpc) is 2.98. The van der Waals surface area contributed by atoms with Gasteiger partial charge < -0.3 is 10.2 Å². The van der Waals surface area contributed by atoms with Gasteiger partial charge in [0.25, 0.3) is 10.0 Å². The second-order valence-electron chi connectivity index (χ2n) is 10.1. The maximum Gasteiger partial charge on any atom is 0.264 e. The van der Waals surface area contributed by atoms with Gasteiger partial charge in [-0.05, 0) is 81.3 Å². The molecule has 0 spiro atoms. The number of nitrogens with one attached hydrogen (secondary N) is 1. The van der Waals surface area contributed by atoms with Gasteiger partial charge in [0, 0.05) is 17.5 Å². The highest BCUT2D eigenvalue weighted by molar-refractivity contribution is 7.98. The average molecular weight is 596 g/mol. The van der Waals surface area contributed by atoms with Crippen molar-refractivity contribution in [2.75, 3.05) is 23.7 Å². The molecular weight excluding hydrogens is 555 g/mol. The number of nitrogens with zero attached hydrogens (tertiary/aromatic N) is 2. The van der Waals surface area contributed by atoms with Gasteiger partial charge in [0.15, 0.2) is 0 Å². The van der Waals surface area contributed by atoms with Gasteiger partial charge in [0.2, 0.25) is 11.8 Å². The first-order valence-corrected chi connectivity index (χ1v) is 16.6. The van der Waals surface area contributed by atoms with Crippen molar-refractivity contribution >= 4 is 39.3 Å². The number of hydrogen-bond acceptors (Lipinski definition) is 5. The van der Waals surface area contributed by atoms with Crippen LogP contribution >= 0.6 is 11.8 Å². The van der Waals surface area contributed by atoms with E-state index >= 15 is 0 Å². The molecular formula is C32H41N3O4S2. The highest BCUT2D eigenvalue weighted by Crippen LogP contribution is 2.26. The van der Waals surface area contributed by atoms with Crippen molar-refractivity contribution in [1.29, 1.82) is 0 Å². The minimum atomic E-state index is -4.09. The fourth-order valence-electron chi connectivity index (χ4n) is 4.45. The van der Waals surface area contributed by atoms with Gasteiger partial charge in [-0.3, -0.25) is 13.9 Å². The molecule has 0 radical (unpaired) electrons. The van der Waals surface area contributed by atoms with E-state index in [2.05, 4.69) is 5.32 Å². The van der Waals surface area contributed by atoms with Crippen molar-refractivity contribution in [2.45, 2.75) is 68.8 Å². The Balaban J connectivity index is 2.00. The van der Waals surface area contributed by atoms with E-state index in [1.807, 2.05) is 76.4 Å². The number of thioether (sulfide) groups is 1. The first-order valence-electron chi connectivity index (χ1n) is 14.0. The molecule has 220 valence electrons. The molecule has 3 aromatic rings. The summed E-state index contributed by atoms with van der Waals surface area (Å²) >= 11 is 1.52. The lowest BCUT2D eigenvalue weighted by molar-refractivity contribution is -0.139. The van der Waals surface area contributed by atoms with E-state index in [0.29, 0.717) is 18.5 Å². The maximum absolute atomic E-state index is 14.1. The van der Waals surface area contributed by atoms with Crippen LogP contribution in [0.3, 0.4) is 0 Å². The van der Waals surface area contributed by atoms with Crippen LogP contribution in [0.4, 0.5) is 5.69 Å². The highest BCUT2D eigenvalue weighted by Gasteiger charge is 2.33. The smallest absolute Gasteiger partial charge is 0.264 e. The van der Waals surface area contributed by atoms with Crippen molar-refractivity contribution in [1.82, 2.24) is 10.2 Å². The first-order chi connectivity index (χ1) is 19.6. The second-order valence-corrected chi connectivity index (χ2v) is 12.8. The SMILES string of the molecule is CC[C@H](C(=O)N[C@@H](C)CC)N(CCc1ccccc1)C(=O)CN(c1ccc(C)cc1)S(=O)(=O)c1ccc(SC)cc1. The lowest BCUT2D eigenvalue weighted by Crippen LogP contribution is -2.54. The molecule has 0 fully saturated rings. The topological polar surface area (TPSA) is 86.8 Å². The van der Waals surface area contributed by atoms with Crippen LogP contribution in [0.5, 0.6) is 0 Å². The number of amides is 2. The van der Waals surface area contributed by atoms with Crippen molar-refractivity contribution in [2.24, 2.45) is 0 Å². The third kappa shape index (κ3) is 8.60. The molecule has 7 nitrogen and oxygen atoms in total. The Labute approximate surface area is 249 Å². The quantitative estimate of drug-likeness (QED) is 0.243. The van der Waals surface area contributed by atoms with Crippen molar-refractivity contribution in [3.8, 4) is 0 Å². The molecule has 3 aromatic carbocycles. The van der Waals surface area contributed by atoms with E-state index in [1.165, 1.54) is 16.7 Å². The minimum absolute atomic E-state index is 0.0451. The Morgan fingerprint density at radius 2 is 1.54 bits per heavy atom. The van der Waals surface area contributed by atoms with E-state index in [4.69, 9.17) is 0 Å². The number of anilines is 1. The minimum Gasteiger partial charge on any atom is -0.352 e. The summed E-state index contributed by atoms with van der Waals surface area (Å²) in [6.45, 7) is 7.54. The summed E-state index contributed by atoms with van der Waals surface area (Å²) in [6.07, 6.45) is 3.62. The number of hydrogen-bond donors (Lipinski definition) is 1. The predicted octanol–water partition coefficient (Wildman–Crippen LogP) is 5.68. The summed E-state index contributed by atoms with van der Waals surface area (Å²) in [5.74, 6) is -0.669. The molecule has 3 rings (SSSR count). The van der Waals surface area contributed by atoms with E-state index in [1.54, 1.807) is 36.4 Å². The number of carbonyl (C=O) groups excluding carboxylic acids is 2. The number of aryl methyl sites for hydroxylation is 1. The third-order valence-corrected chi connectivity index (χ3v) is 9.65. The fraction of sp³-hybridized carbons (Fsp3) is 0.375. The summed E-state index contributed by atoms with van der Waals surface area (Å²) in [7, 11) is -4.09. The molecule has 0 saturated heterocycles. The zero-order valence-corrected chi connectivity index (χ0v) is 26.2. The molecule has 9 heteroatoms. The number of benzene rings is 3. The van der Waals surface area contributed by atoms with Crippen molar-refractivity contribution < 1.29 is 18.0 Å². The van der Waals surface area contributed by atoms with Gasteiger partial charge in [0.05, 0.1) is 10.6 Å². The molecule has 1 N–H and O–H groups in total. The molecule has 0 aliphatic rings. The van der Waals surface area contributed by atoms with Crippen LogP contribution in [-0.2, 0) is 26.0 Å². The first kappa shape index (κ1) is 32.2. The van der Waals surface area contributed by atoms with Crippen LogP contribution in [-0.4, -0.2) is 56.6 Å². The highest BCUT2D eigenvalue weighted by atomic mass is 32.2. The van der Waals surface area contributed by atoms with Crippen LogP contribution < -0.4 is 9.62 Å². The van der Waals surface area contributed by atoms with E-state index in [0.717, 1.165) is 26.7 Å². The number of carbonyl (C=O) groups is 2. The van der Waals surface area contributed by atoms with Crippen molar-refractivity contribution in [3.05, 3.63) is 90.0 Å². The Morgan fingerprint density at radius 3 is 2.10 bits per heavy atom. The van der Waals surface area contributed by atoms with Crippen LogP contribution in [0.1, 0.15) is 44.7 Å². The standard InChI is InChI=1S/C32H41N3O4S2/c1-6-25(4)33-32(37)30(7-2)34(22-21-26-11-9-8-10-12-26)31(36)23-35(27-15-13-24(3)14-16-27)41(38,39)29-19-17-28(40-5)18-20-29/h8-20,25,30H,6-7,21-23H2,1-5H3,(H,33,37)/t25-,30+/m0/s1. The molecule has 41 heavy (non-hydrogen) atoms. The molecule has 0 heterocycles. The third-order valence-electron chi connectivity index (χ3n) is 7.12. The van der Waals surface area contributed by atoms with Crippen LogP contribution in [0.15, 0.2) is 88.7 Å². The number of rotatable bonds is 14. The molecule has 0 aromatic heterocycles. The van der Waals surface area contributed by atoms with E-state index in [-0.39, 0.29) is 23.4 Å². The maximum atomic E-state index is 14.1. The lowest BCUT2D eigenvalue weighted by atomic mass is 10.1. The summed E-state index contributed by atoms with van der Waals surface area (Å²) in [5.41, 5.74) is 2.39.